The van der Waals surface area contributed by atoms with E-state index in [2.05, 4.69) is 15.3 Å². The predicted molar refractivity (Wildman–Crippen MR) is 70.5 cm³/mol. The molecule has 1 saturated carbocycles. The van der Waals surface area contributed by atoms with Crippen molar-refractivity contribution in [3.05, 3.63) is 46.4 Å². The summed E-state index contributed by atoms with van der Waals surface area (Å²) < 4.78 is 0. The number of hydrogen-bond donors (Lipinski definition) is 2. The molecule has 0 saturated heterocycles. The average Bonchev–Trinajstić information content (AvgIpc) is 3.13. The van der Waals surface area contributed by atoms with Crippen LogP contribution in [0.5, 0.6) is 0 Å². The summed E-state index contributed by atoms with van der Waals surface area (Å²) in [6, 6.07) is 7.17. The lowest BCUT2D eigenvalue weighted by Crippen LogP contribution is -2.16. The van der Waals surface area contributed by atoms with Crippen molar-refractivity contribution in [2.45, 2.75) is 25.4 Å². The van der Waals surface area contributed by atoms with Gasteiger partial charge in [0.05, 0.1) is 23.4 Å². The Balaban J connectivity index is 1.77. The van der Waals surface area contributed by atoms with Crippen LogP contribution in [0.2, 0.25) is 0 Å². The van der Waals surface area contributed by atoms with E-state index in [1.54, 1.807) is 18.3 Å². The first-order chi connectivity index (χ1) is 9.22. The monoisotopic (exact) mass is 258 g/mol. The maximum atomic E-state index is 10.7. The maximum absolute atomic E-state index is 10.7. The molecule has 1 aliphatic rings. The molecule has 0 amide bonds. The molecule has 19 heavy (non-hydrogen) atoms. The van der Waals surface area contributed by atoms with Crippen LogP contribution >= 0.6 is 0 Å². The predicted octanol–water partition coefficient (Wildman–Crippen LogP) is 2.24. The van der Waals surface area contributed by atoms with E-state index < -0.39 is 4.92 Å². The van der Waals surface area contributed by atoms with Gasteiger partial charge in [-0.05, 0) is 12.8 Å². The number of nitrogens with one attached hydrogen (secondary N) is 2. The Morgan fingerprint density at radius 1 is 1.47 bits per heavy atom. The Morgan fingerprint density at radius 3 is 3.05 bits per heavy atom. The number of hydrogen-bond acceptors (Lipinski definition) is 4. The van der Waals surface area contributed by atoms with Crippen LogP contribution in [0, 0.1) is 10.1 Å². The third-order valence-electron chi connectivity index (χ3n) is 3.13. The number of nitrogens with zero attached hydrogens (tertiary/aromatic N) is 2. The number of imidazole rings is 1. The molecule has 98 valence electrons. The van der Waals surface area contributed by atoms with Gasteiger partial charge in [0.2, 0.25) is 0 Å². The standard InChI is InChI=1S/C13H14N4O2/c18-17(19)11-3-1-2-9(6-11)12-7-15-13(16-12)8-14-10-4-5-10/h1-3,6-7,10,14H,4-5,8H2,(H,15,16). The molecule has 1 heterocycles. The SMILES string of the molecule is O=[N+]([O-])c1cccc(-c2cnc(CNC3CC3)[nH]2)c1. The van der Waals surface area contributed by atoms with Crippen LogP contribution in [0.15, 0.2) is 30.5 Å². The van der Waals surface area contributed by atoms with E-state index in [0.717, 1.165) is 17.1 Å². The minimum atomic E-state index is -0.393. The number of benzene rings is 1. The molecule has 1 fully saturated rings. The summed E-state index contributed by atoms with van der Waals surface area (Å²) in [7, 11) is 0. The van der Waals surface area contributed by atoms with Crippen molar-refractivity contribution < 1.29 is 4.92 Å². The van der Waals surface area contributed by atoms with E-state index in [1.165, 1.54) is 18.9 Å². The third kappa shape index (κ3) is 2.79. The van der Waals surface area contributed by atoms with Gasteiger partial charge in [-0.2, -0.15) is 0 Å². The van der Waals surface area contributed by atoms with Crippen LogP contribution < -0.4 is 5.32 Å². The Bertz CT molecular complexity index is 604. The van der Waals surface area contributed by atoms with E-state index >= 15 is 0 Å². The fourth-order valence-electron chi connectivity index (χ4n) is 1.91. The molecular weight excluding hydrogens is 244 g/mol. The zero-order valence-electron chi connectivity index (χ0n) is 10.3. The first kappa shape index (κ1) is 11.9. The molecule has 0 atom stereocenters. The van der Waals surface area contributed by atoms with Crippen LogP contribution in [0.1, 0.15) is 18.7 Å². The van der Waals surface area contributed by atoms with Crippen LogP contribution in [0.25, 0.3) is 11.3 Å². The van der Waals surface area contributed by atoms with Crippen molar-refractivity contribution in [1.29, 1.82) is 0 Å². The highest BCUT2D eigenvalue weighted by Crippen LogP contribution is 2.23. The first-order valence-electron chi connectivity index (χ1n) is 6.24. The fraction of sp³-hybridized carbons (Fsp3) is 0.308. The number of nitro benzene ring substituents is 1. The normalized spacial score (nSPS) is 14.5. The Kier molecular flexibility index (Phi) is 3.00. The molecule has 0 bridgehead atoms. The largest absolute Gasteiger partial charge is 0.341 e. The van der Waals surface area contributed by atoms with Gasteiger partial charge in [-0.1, -0.05) is 12.1 Å². The quantitative estimate of drug-likeness (QED) is 0.636. The lowest BCUT2D eigenvalue weighted by Gasteiger charge is -1.99. The Morgan fingerprint density at radius 2 is 2.32 bits per heavy atom. The lowest BCUT2D eigenvalue weighted by molar-refractivity contribution is -0.384. The van der Waals surface area contributed by atoms with Gasteiger partial charge in [-0.15, -0.1) is 0 Å². The second-order valence-electron chi connectivity index (χ2n) is 4.71. The molecule has 3 rings (SSSR count). The Hall–Kier alpha value is -2.21. The molecule has 1 aliphatic carbocycles. The van der Waals surface area contributed by atoms with Crippen molar-refractivity contribution in [3.63, 3.8) is 0 Å². The van der Waals surface area contributed by atoms with E-state index in [-0.39, 0.29) is 5.69 Å². The van der Waals surface area contributed by atoms with Crippen molar-refractivity contribution in [1.82, 2.24) is 15.3 Å². The highest BCUT2D eigenvalue weighted by atomic mass is 16.6. The van der Waals surface area contributed by atoms with Crippen molar-refractivity contribution in [2.75, 3.05) is 0 Å². The number of H-pyrrole nitrogens is 1. The summed E-state index contributed by atoms with van der Waals surface area (Å²) in [4.78, 5) is 17.8. The molecule has 0 spiro atoms. The van der Waals surface area contributed by atoms with Gasteiger partial charge in [0.15, 0.2) is 0 Å². The minimum Gasteiger partial charge on any atom is -0.341 e. The van der Waals surface area contributed by atoms with E-state index in [9.17, 15) is 10.1 Å². The summed E-state index contributed by atoms with van der Waals surface area (Å²) in [5, 5.41) is 14.1. The number of nitro groups is 1. The maximum Gasteiger partial charge on any atom is 0.270 e. The highest BCUT2D eigenvalue weighted by molar-refractivity contribution is 5.61. The van der Waals surface area contributed by atoms with E-state index in [1.807, 2.05) is 6.07 Å². The first-order valence-corrected chi connectivity index (χ1v) is 6.24. The molecule has 0 aliphatic heterocycles. The third-order valence-corrected chi connectivity index (χ3v) is 3.13. The van der Waals surface area contributed by atoms with Crippen molar-refractivity contribution in [2.24, 2.45) is 0 Å². The summed E-state index contributed by atoms with van der Waals surface area (Å²) in [5.41, 5.74) is 1.67. The highest BCUT2D eigenvalue weighted by Gasteiger charge is 2.20. The van der Waals surface area contributed by atoms with Gasteiger partial charge < -0.3 is 10.3 Å². The van der Waals surface area contributed by atoms with Gasteiger partial charge >= 0.3 is 0 Å². The fourth-order valence-corrected chi connectivity index (χ4v) is 1.91. The zero-order valence-corrected chi connectivity index (χ0v) is 10.3. The number of rotatable bonds is 5. The number of non-ortho nitro benzene ring substituents is 1. The molecule has 0 radical (unpaired) electrons. The molecule has 6 nitrogen and oxygen atoms in total. The Labute approximate surface area is 110 Å². The summed E-state index contributed by atoms with van der Waals surface area (Å²) in [6.45, 7) is 0.708. The van der Waals surface area contributed by atoms with Gasteiger partial charge in [0, 0.05) is 23.7 Å². The van der Waals surface area contributed by atoms with Gasteiger partial charge in [-0.3, -0.25) is 10.1 Å². The van der Waals surface area contributed by atoms with Gasteiger partial charge in [-0.25, -0.2) is 4.98 Å². The van der Waals surface area contributed by atoms with Crippen LogP contribution in [-0.4, -0.2) is 20.9 Å². The van der Waals surface area contributed by atoms with Crippen molar-refractivity contribution in [3.8, 4) is 11.3 Å². The molecular formula is C13H14N4O2. The van der Waals surface area contributed by atoms with Gasteiger partial charge in [0.25, 0.3) is 5.69 Å². The summed E-state index contributed by atoms with van der Waals surface area (Å²) in [6.07, 6.45) is 4.18. The van der Waals surface area contributed by atoms with Crippen LogP contribution in [0.3, 0.4) is 0 Å². The number of aromatic amines is 1. The van der Waals surface area contributed by atoms with E-state index in [4.69, 9.17) is 0 Å². The molecule has 2 aromatic rings. The van der Waals surface area contributed by atoms with Crippen LogP contribution in [0.4, 0.5) is 5.69 Å². The molecule has 0 unspecified atom stereocenters. The van der Waals surface area contributed by atoms with Crippen molar-refractivity contribution >= 4 is 5.69 Å². The summed E-state index contributed by atoms with van der Waals surface area (Å²) in [5.74, 6) is 0.855. The second kappa shape index (κ2) is 4.81. The van der Waals surface area contributed by atoms with E-state index in [0.29, 0.717) is 12.6 Å². The molecule has 6 heteroatoms. The average molecular weight is 258 g/mol. The minimum absolute atomic E-state index is 0.0877. The zero-order chi connectivity index (χ0) is 13.2. The smallest absolute Gasteiger partial charge is 0.270 e. The molecule has 1 aromatic carbocycles. The van der Waals surface area contributed by atoms with Crippen LogP contribution in [-0.2, 0) is 6.54 Å². The lowest BCUT2D eigenvalue weighted by atomic mass is 10.1. The molecule has 2 N–H and O–H groups in total. The van der Waals surface area contributed by atoms with Gasteiger partial charge in [0.1, 0.15) is 5.82 Å². The number of aromatic nitrogens is 2. The topological polar surface area (TPSA) is 83.8 Å². The second-order valence-corrected chi connectivity index (χ2v) is 4.71. The summed E-state index contributed by atoms with van der Waals surface area (Å²) >= 11 is 0. The molecule has 1 aromatic heterocycles.